The molecule has 0 N–H and O–H groups in total. The monoisotopic (exact) mass is 428 g/mol. The molecule has 0 saturated carbocycles. The molecule has 0 bridgehead atoms. The summed E-state index contributed by atoms with van der Waals surface area (Å²) in [5.41, 5.74) is 0.950. The van der Waals surface area contributed by atoms with Crippen molar-refractivity contribution in [2.24, 2.45) is 0 Å². The zero-order valence-electron chi connectivity index (χ0n) is 15.8. The zero-order chi connectivity index (χ0) is 21.3. The average Bonchev–Trinajstić information content (AvgIpc) is 3.26. The first-order chi connectivity index (χ1) is 14.4. The highest BCUT2D eigenvalue weighted by atomic mass is 32.2. The average molecular weight is 428 g/mol. The summed E-state index contributed by atoms with van der Waals surface area (Å²) in [6.45, 7) is 2.11. The number of fused-ring (bicyclic) bond motifs is 1. The third-order valence-corrected chi connectivity index (χ3v) is 5.36. The predicted molar refractivity (Wildman–Crippen MR) is 109 cm³/mol. The van der Waals surface area contributed by atoms with Crippen molar-refractivity contribution in [2.75, 3.05) is 19.9 Å². The SMILES string of the molecule is Cc1cccc(OCCN2C(=O)S/C(=C\c3cc4c(cc3[N+](=O)[O-])OCO4)C2=O)c1. The molecule has 0 aliphatic carbocycles. The Morgan fingerprint density at radius 2 is 2.00 bits per heavy atom. The summed E-state index contributed by atoms with van der Waals surface area (Å²) < 4.78 is 16.0. The normalized spacial score (nSPS) is 16.4. The van der Waals surface area contributed by atoms with Crippen molar-refractivity contribution in [3.05, 3.63) is 62.5 Å². The molecule has 9 nitrogen and oxygen atoms in total. The Hall–Kier alpha value is -3.53. The minimum absolute atomic E-state index is 0.0343. The van der Waals surface area contributed by atoms with E-state index in [4.69, 9.17) is 14.2 Å². The molecule has 2 aromatic rings. The lowest BCUT2D eigenvalue weighted by Crippen LogP contribution is -2.32. The number of hydrogen-bond donors (Lipinski definition) is 0. The molecule has 2 aromatic carbocycles. The van der Waals surface area contributed by atoms with Gasteiger partial charge in [0.05, 0.1) is 28.0 Å². The fourth-order valence-electron chi connectivity index (χ4n) is 3.01. The van der Waals surface area contributed by atoms with Crippen molar-refractivity contribution in [3.63, 3.8) is 0 Å². The first-order valence-corrected chi connectivity index (χ1v) is 9.77. The Morgan fingerprint density at radius 1 is 1.23 bits per heavy atom. The Labute approximate surface area is 175 Å². The number of amides is 2. The Kier molecular flexibility index (Phi) is 5.32. The summed E-state index contributed by atoms with van der Waals surface area (Å²) in [6, 6.07) is 10.1. The van der Waals surface area contributed by atoms with Crippen LogP contribution in [0.5, 0.6) is 17.2 Å². The molecule has 154 valence electrons. The molecule has 30 heavy (non-hydrogen) atoms. The molecule has 0 aromatic heterocycles. The van der Waals surface area contributed by atoms with E-state index in [9.17, 15) is 19.7 Å². The quantitative estimate of drug-likeness (QED) is 0.389. The molecule has 2 aliphatic rings. The molecule has 10 heteroatoms. The van der Waals surface area contributed by atoms with E-state index in [2.05, 4.69) is 0 Å². The standard InChI is InChI=1S/C20H16N2O7S/c1-12-3-2-4-14(7-12)27-6-5-21-19(23)18(30-20(21)24)9-13-8-16-17(29-11-28-16)10-15(13)22(25)26/h2-4,7-10H,5-6,11H2,1H3/b18-9-. The summed E-state index contributed by atoms with van der Waals surface area (Å²) >= 11 is 0.727. The van der Waals surface area contributed by atoms with Gasteiger partial charge in [0.1, 0.15) is 12.4 Å². The molecule has 0 radical (unpaired) electrons. The van der Waals surface area contributed by atoms with Crippen LogP contribution in [0.15, 0.2) is 41.3 Å². The number of benzene rings is 2. The van der Waals surface area contributed by atoms with Crippen molar-refractivity contribution < 1.29 is 28.7 Å². The molecule has 2 heterocycles. The van der Waals surface area contributed by atoms with Gasteiger partial charge < -0.3 is 14.2 Å². The number of hydrogen-bond acceptors (Lipinski definition) is 8. The van der Waals surface area contributed by atoms with Crippen molar-refractivity contribution >= 4 is 34.7 Å². The van der Waals surface area contributed by atoms with E-state index in [1.165, 1.54) is 18.2 Å². The molecule has 2 amide bonds. The minimum atomic E-state index is -0.576. The largest absolute Gasteiger partial charge is 0.492 e. The van der Waals surface area contributed by atoms with Crippen LogP contribution < -0.4 is 14.2 Å². The molecular formula is C20H16N2O7S. The molecule has 2 aliphatic heterocycles. The van der Waals surface area contributed by atoms with Gasteiger partial charge in [-0.2, -0.15) is 0 Å². The highest BCUT2D eigenvalue weighted by Gasteiger charge is 2.35. The lowest BCUT2D eigenvalue weighted by atomic mass is 10.1. The number of ether oxygens (including phenoxy) is 3. The summed E-state index contributed by atoms with van der Waals surface area (Å²) in [6.07, 6.45) is 1.33. The highest BCUT2D eigenvalue weighted by molar-refractivity contribution is 8.18. The van der Waals surface area contributed by atoms with Crippen molar-refractivity contribution in [1.29, 1.82) is 0 Å². The first-order valence-electron chi connectivity index (χ1n) is 8.95. The maximum Gasteiger partial charge on any atom is 0.293 e. The van der Waals surface area contributed by atoms with E-state index < -0.39 is 16.1 Å². The predicted octanol–water partition coefficient (Wildman–Crippen LogP) is 3.75. The third-order valence-electron chi connectivity index (χ3n) is 4.45. The number of aryl methyl sites for hydroxylation is 1. The van der Waals surface area contributed by atoms with Crippen LogP contribution in [0.2, 0.25) is 0 Å². The van der Waals surface area contributed by atoms with Gasteiger partial charge in [-0.1, -0.05) is 12.1 Å². The summed E-state index contributed by atoms with van der Waals surface area (Å²) in [5, 5.41) is 10.9. The van der Waals surface area contributed by atoms with Gasteiger partial charge in [-0.25, -0.2) is 0 Å². The lowest BCUT2D eigenvalue weighted by Gasteiger charge is -2.13. The van der Waals surface area contributed by atoms with Gasteiger partial charge in [-0.05, 0) is 48.5 Å². The van der Waals surface area contributed by atoms with E-state index in [0.29, 0.717) is 11.5 Å². The van der Waals surface area contributed by atoms with Crippen LogP contribution in [0.1, 0.15) is 11.1 Å². The Bertz CT molecular complexity index is 1080. The fourth-order valence-corrected chi connectivity index (χ4v) is 3.87. The molecule has 0 unspecified atom stereocenters. The molecule has 4 rings (SSSR count). The maximum absolute atomic E-state index is 12.7. The van der Waals surface area contributed by atoms with Gasteiger partial charge in [0.25, 0.3) is 16.8 Å². The molecule has 0 spiro atoms. The second kappa shape index (κ2) is 8.07. The van der Waals surface area contributed by atoms with Gasteiger partial charge in [0.15, 0.2) is 11.5 Å². The fraction of sp³-hybridized carbons (Fsp3) is 0.200. The summed E-state index contributed by atoms with van der Waals surface area (Å²) in [5.74, 6) is 0.733. The Morgan fingerprint density at radius 3 is 2.73 bits per heavy atom. The van der Waals surface area contributed by atoms with Crippen molar-refractivity contribution in [3.8, 4) is 17.2 Å². The third kappa shape index (κ3) is 3.94. The van der Waals surface area contributed by atoms with Crippen LogP contribution in [0.25, 0.3) is 6.08 Å². The van der Waals surface area contributed by atoms with Crippen LogP contribution in [0.4, 0.5) is 10.5 Å². The Balaban J connectivity index is 1.50. The number of rotatable bonds is 6. The van der Waals surface area contributed by atoms with Crippen molar-refractivity contribution in [1.82, 2.24) is 4.90 Å². The lowest BCUT2D eigenvalue weighted by molar-refractivity contribution is -0.385. The van der Waals surface area contributed by atoms with Crippen molar-refractivity contribution in [2.45, 2.75) is 6.92 Å². The second-order valence-corrected chi connectivity index (χ2v) is 7.51. The van der Waals surface area contributed by atoms with Crippen LogP contribution in [0, 0.1) is 17.0 Å². The van der Waals surface area contributed by atoms with Gasteiger partial charge >= 0.3 is 0 Å². The number of imide groups is 1. The number of carbonyl (C=O) groups is 2. The summed E-state index contributed by atoms with van der Waals surface area (Å²) in [7, 11) is 0. The molecule has 1 fully saturated rings. The zero-order valence-corrected chi connectivity index (χ0v) is 16.6. The van der Waals surface area contributed by atoms with Gasteiger partial charge in [-0.15, -0.1) is 0 Å². The van der Waals surface area contributed by atoms with Gasteiger partial charge in [0.2, 0.25) is 6.79 Å². The highest BCUT2D eigenvalue weighted by Crippen LogP contribution is 2.40. The maximum atomic E-state index is 12.7. The molecular weight excluding hydrogens is 412 g/mol. The number of thioether (sulfide) groups is 1. The summed E-state index contributed by atoms with van der Waals surface area (Å²) in [4.78, 5) is 36.9. The number of nitrogens with zero attached hydrogens (tertiary/aromatic N) is 2. The molecule has 1 saturated heterocycles. The molecule has 0 atom stereocenters. The number of nitro groups is 1. The van der Waals surface area contributed by atoms with Crippen LogP contribution in [-0.4, -0.2) is 40.9 Å². The topological polar surface area (TPSA) is 108 Å². The van der Waals surface area contributed by atoms with E-state index in [0.717, 1.165) is 22.2 Å². The van der Waals surface area contributed by atoms with Gasteiger partial charge in [-0.3, -0.25) is 24.6 Å². The van der Waals surface area contributed by atoms with Crippen LogP contribution in [-0.2, 0) is 4.79 Å². The van der Waals surface area contributed by atoms with E-state index in [1.54, 1.807) is 6.07 Å². The second-order valence-electron chi connectivity index (χ2n) is 6.52. The van der Waals surface area contributed by atoms with E-state index in [1.807, 2.05) is 25.1 Å². The number of carbonyl (C=O) groups excluding carboxylic acids is 2. The van der Waals surface area contributed by atoms with Crippen LogP contribution >= 0.6 is 11.8 Å². The van der Waals surface area contributed by atoms with E-state index in [-0.39, 0.29) is 41.9 Å². The smallest absolute Gasteiger partial charge is 0.293 e. The number of nitro benzene ring substituents is 1. The van der Waals surface area contributed by atoms with Gasteiger partial charge in [0, 0.05) is 0 Å². The first kappa shape index (κ1) is 19.8. The van der Waals surface area contributed by atoms with E-state index >= 15 is 0 Å². The van der Waals surface area contributed by atoms with Crippen LogP contribution in [0.3, 0.4) is 0 Å². The minimum Gasteiger partial charge on any atom is -0.492 e.